The molecule has 1 amide bonds. The van der Waals surface area contributed by atoms with Crippen LogP contribution in [0.2, 0.25) is 0 Å². The highest BCUT2D eigenvalue weighted by Crippen LogP contribution is 2.42. The number of carbonyl (C=O) groups excluding carboxylic acids is 2. The van der Waals surface area contributed by atoms with Gasteiger partial charge in [-0.25, -0.2) is 4.79 Å². The number of methoxy groups -OCH3 is 1. The van der Waals surface area contributed by atoms with Crippen molar-refractivity contribution in [1.82, 2.24) is 20.2 Å². The van der Waals surface area contributed by atoms with Gasteiger partial charge in [0, 0.05) is 24.0 Å². The van der Waals surface area contributed by atoms with Crippen LogP contribution in [0.1, 0.15) is 90.7 Å². The maximum atomic E-state index is 14.0. The van der Waals surface area contributed by atoms with E-state index in [1.54, 1.807) is 0 Å². The number of carbonyl (C=O) groups is 2. The number of aromatic amines is 1. The molecule has 2 aromatic carbocycles. The first-order chi connectivity index (χ1) is 21.6. The summed E-state index contributed by atoms with van der Waals surface area (Å²) in [5.41, 5.74) is 8.82. The summed E-state index contributed by atoms with van der Waals surface area (Å²) in [4.78, 5) is 36.5. The Morgan fingerprint density at radius 1 is 1.02 bits per heavy atom. The number of benzene rings is 2. The Labute approximate surface area is 266 Å². The van der Waals surface area contributed by atoms with Gasteiger partial charge in [-0.3, -0.25) is 9.78 Å². The maximum Gasteiger partial charge on any atom is 0.337 e. The smallest absolute Gasteiger partial charge is 0.337 e. The van der Waals surface area contributed by atoms with Crippen LogP contribution in [0.15, 0.2) is 54.7 Å². The van der Waals surface area contributed by atoms with E-state index in [9.17, 15) is 9.59 Å². The lowest BCUT2D eigenvalue weighted by atomic mass is 9.85. The lowest BCUT2D eigenvalue weighted by molar-refractivity contribution is -0.137. The van der Waals surface area contributed by atoms with Crippen molar-refractivity contribution in [3.05, 3.63) is 88.2 Å². The van der Waals surface area contributed by atoms with E-state index in [4.69, 9.17) is 9.72 Å². The molecular formula is C38H46N4O3. The lowest BCUT2D eigenvalue weighted by Crippen LogP contribution is -2.46. The number of nitrogens with one attached hydrogen (secondary N) is 2. The van der Waals surface area contributed by atoms with Crippen LogP contribution in [0.5, 0.6) is 0 Å². The van der Waals surface area contributed by atoms with Crippen LogP contribution in [-0.4, -0.2) is 59.0 Å². The van der Waals surface area contributed by atoms with Crippen LogP contribution in [0.3, 0.4) is 0 Å². The highest BCUT2D eigenvalue weighted by molar-refractivity contribution is 5.94. The van der Waals surface area contributed by atoms with Gasteiger partial charge in [-0.15, -0.1) is 0 Å². The number of aryl methyl sites for hydroxylation is 2. The van der Waals surface area contributed by atoms with E-state index in [1.807, 2.05) is 44.3 Å². The van der Waals surface area contributed by atoms with Crippen molar-refractivity contribution in [2.45, 2.75) is 90.1 Å². The zero-order valence-electron chi connectivity index (χ0n) is 27.5. The van der Waals surface area contributed by atoms with Crippen molar-refractivity contribution in [2.75, 3.05) is 20.2 Å². The summed E-state index contributed by atoms with van der Waals surface area (Å²) in [7, 11) is 1.40. The zero-order chi connectivity index (χ0) is 31.9. The number of ether oxygens (including phenoxy) is 1. The van der Waals surface area contributed by atoms with Crippen LogP contribution >= 0.6 is 0 Å². The SMILES string of the molecule is COC(=O)c1ccc(CCNCC(C)c2c(-c3cc(C)cc(C)c3)[nH]c3cnc(C(C)(C)C(=O)N4C5CCC4CC5)cc23)cc1. The number of pyridine rings is 1. The molecule has 0 saturated carbocycles. The Kier molecular flexibility index (Phi) is 8.57. The standard InChI is InChI=1S/C38H46N4O3/c1-23-17-24(2)19-28(18-23)35-34(25(3)21-39-16-15-26-7-9-27(10-8-26)36(43)45-6)31-20-33(40-22-32(31)41-35)38(4,5)37(44)42-29-11-12-30(42)14-13-29/h7-10,17-20,22,25,29-30,39,41H,11-16,21H2,1-6H3. The van der Waals surface area contributed by atoms with Crippen LogP contribution in [0.25, 0.3) is 22.2 Å². The molecule has 6 rings (SSSR count). The summed E-state index contributed by atoms with van der Waals surface area (Å²) in [5, 5.41) is 4.80. The van der Waals surface area contributed by atoms with Crippen molar-refractivity contribution in [1.29, 1.82) is 0 Å². The van der Waals surface area contributed by atoms with Gasteiger partial charge in [0.05, 0.1) is 41.2 Å². The fourth-order valence-electron chi connectivity index (χ4n) is 7.57. The summed E-state index contributed by atoms with van der Waals surface area (Å²) in [5.74, 6) is 0.0844. The predicted molar refractivity (Wildman–Crippen MR) is 180 cm³/mol. The van der Waals surface area contributed by atoms with E-state index >= 15 is 0 Å². The second-order valence-electron chi connectivity index (χ2n) is 13.7. The Hall–Kier alpha value is -3.97. The van der Waals surface area contributed by atoms with Gasteiger partial charge in [0.2, 0.25) is 5.91 Å². The van der Waals surface area contributed by atoms with Gasteiger partial charge in [-0.2, -0.15) is 0 Å². The zero-order valence-corrected chi connectivity index (χ0v) is 27.5. The molecular weight excluding hydrogens is 560 g/mol. The molecule has 2 fully saturated rings. The fraction of sp³-hybridized carbons (Fsp3) is 0.447. The van der Waals surface area contributed by atoms with Crippen molar-refractivity contribution in [3.63, 3.8) is 0 Å². The van der Waals surface area contributed by atoms with Crippen LogP contribution in [0, 0.1) is 13.8 Å². The lowest BCUT2D eigenvalue weighted by Gasteiger charge is -2.32. The molecule has 2 aliphatic rings. The quantitative estimate of drug-likeness (QED) is 0.150. The molecule has 7 nitrogen and oxygen atoms in total. The molecule has 4 heterocycles. The van der Waals surface area contributed by atoms with Gasteiger partial charge >= 0.3 is 5.97 Å². The fourth-order valence-corrected chi connectivity index (χ4v) is 7.57. The Balaban J connectivity index is 1.28. The highest BCUT2D eigenvalue weighted by Gasteiger charge is 2.47. The molecule has 236 valence electrons. The Morgan fingerprint density at radius 3 is 2.29 bits per heavy atom. The first-order valence-electron chi connectivity index (χ1n) is 16.4. The maximum absolute atomic E-state index is 14.0. The number of fused-ring (bicyclic) bond motifs is 3. The summed E-state index contributed by atoms with van der Waals surface area (Å²) in [6.07, 6.45) is 7.29. The highest BCUT2D eigenvalue weighted by atomic mass is 16.5. The van der Waals surface area contributed by atoms with Gasteiger partial charge < -0.3 is 19.9 Å². The van der Waals surface area contributed by atoms with Gasteiger partial charge in [0.15, 0.2) is 0 Å². The average molecular weight is 607 g/mol. The first kappa shape index (κ1) is 31.0. The molecule has 2 N–H and O–H groups in total. The number of nitrogens with zero attached hydrogens (tertiary/aromatic N) is 2. The molecule has 0 aliphatic carbocycles. The van der Waals surface area contributed by atoms with Crippen molar-refractivity contribution in [3.8, 4) is 11.3 Å². The molecule has 0 radical (unpaired) electrons. The van der Waals surface area contributed by atoms with Gasteiger partial charge in [0.1, 0.15) is 0 Å². The van der Waals surface area contributed by atoms with Crippen LogP contribution in [-0.2, 0) is 21.4 Å². The van der Waals surface area contributed by atoms with E-state index in [0.717, 1.165) is 67.5 Å². The molecule has 1 unspecified atom stereocenters. The van der Waals surface area contributed by atoms with E-state index < -0.39 is 5.41 Å². The minimum atomic E-state index is -0.709. The number of rotatable bonds is 10. The Bertz CT molecular complexity index is 1680. The summed E-state index contributed by atoms with van der Waals surface area (Å²) >= 11 is 0. The number of hydrogen-bond acceptors (Lipinski definition) is 5. The Morgan fingerprint density at radius 2 is 1.67 bits per heavy atom. The molecule has 2 bridgehead atoms. The molecule has 2 aromatic heterocycles. The van der Waals surface area contributed by atoms with Crippen molar-refractivity contribution >= 4 is 22.8 Å². The van der Waals surface area contributed by atoms with Gasteiger partial charge in [0.25, 0.3) is 0 Å². The number of aromatic nitrogens is 2. The van der Waals surface area contributed by atoms with Gasteiger partial charge in [-0.05, 0) is 119 Å². The number of H-pyrrole nitrogens is 1. The minimum absolute atomic E-state index is 0.194. The second kappa shape index (κ2) is 12.4. The van der Waals surface area contributed by atoms with E-state index in [-0.39, 0.29) is 17.8 Å². The predicted octanol–water partition coefficient (Wildman–Crippen LogP) is 7.00. The normalized spacial score (nSPS) is 18.5. The molecule has 45 heavy (non-hydrogen) atoms. The number of amides is 1. The molecule has 2 saturated heterocycles. The summed E-state index contributed by atoms with van der Waals surface area (Å²) in [6.45, 7) is 12.2. The monoisotopic (exact) mass is 606 g/mol. The molecule has 1 atom stereocenters. The average Bonchev–Trinajstić information content (AvgIpc) is 3.74. The third kappa shape index (κ3) is 6.02. The van der Waals surface area contributed by atoms with E-state index in [2.05, 4.69) is 60.2 Å². The molecule has 0 spiro atoms. The largest absolute Gasteiger partial charge is 0.465 e. The topological polar surface area (TPSA) is 87.3 Å². The van der Waals surface area contributed by atoms with Crippen molar-refractivity contribution < 1.29 is 14.3 Å². The minimum Gasteiger partial charge on any atom is -0.465 e. The molecule has 2 aliphatic heterocycles. The second-order valence-corrected chi connectivity index (χ2v) is 13.7. The van der Waals surface area contributed by atoms with Crippen LogP contribution < -0.4 is 5.32 Å². The first-order valence-corrected chi connectivity index (χ1v) is 16.4. The van der Waals surface area contributed by atoms with E-state index in [1.165, 1.54) is 34.9 Å². The van der Waals surface area contributed by atoms with E-state index in [0.29, 0.717) is 17.6 Å². The molecule has 7 heteroatoms. The number of hydrogen-bond donors (Lipinski definition) is 2. The summed E-state index contributed by atoms with van der Waals surface area (Å²) in [6, 6.07) is 17.2. The van der Waals surface area contributed by atoms with Crippen LogP contribution in [0.4, 0.5) is 0 Å². The molecule has 4 aromatic rings. The third-order valence-electron chi connectivity index (χ3n) is 10.0. The summed E-state index contributed by atoms with van der Waals surface area (Å²) < 4.78 is 4.82. The third-order valence-corrected chi connectivity index (χ3v) is 10.0. The van der Waals surface area contributed by atoms with Gasteiger partial charge in [-0.1, -0.05) is 36.2 Å². The number of esters is 1. The van der Waals surface area contributed by atoms with Crippen molar-refractivity contribution in [2.24, 2.45) is 0 Å².